The highest BCUT2D eigenvalue weighted by molar-refractivity contribution is 5.90. The Labute approximate surface area is 180 Å². The quantitative estimate of drug-likeness (QED) is 0.745. The van der Waals surface area contributed by atoms with Crippen molar-refractivity contribution >= 4 is 5.97 Å². The number of carbonyl (C=O) groups excluding carboxylic acids is 1. The molecule has 1 saturated heterocycles. The van der Waals surface area contributed by atoms with Crippen LogP contribution in [0.25, 0.3) is 0 Å². The molecule has 6 heteroatoms. The molecule has 2 bridgehead atoms. The van der Waals surface area contributed by atoms with Crippen LogP contribution in [-0.2, 0) is 23.2 Å². The van der Waals surface area contributed by atoms with Crippen LogP contribution in [-0.4, -0.2) is 46.8 Å². The molecule has 0 aromatic heterocycles. The second-order valence-corrected chi connectivity index (χ2v) is 9.17. The zero-order valence-electron chi connectivity index (χ0n) is 17.4. The summed E-state index contributed by atoms with van der Waals surface area (Å²) >= 11 is 0. The lowest BCUT2D eigenvalue weighted by Gasteiger charge is -2.56. The molecule has 0 amide bonds. The van der Waals surface area contributed by atoms with Gasteiger partial charge in [-0.05, 0) is 68.6 Å². The summed E-state index contributed by atoms with van der Waals surface area (Å²) in [5, 5.41) is 19.7. The van der Waals surface area contributed by atoms with Gasteiger partial charge in [-0.15, -0.1) is 0 Å². The van der Waals surface area contributed by atoms with Gasteiger partial charge in [-0.25, -0.2) is 4.79 Å². The summed E-state index contributed by atoms with van der Waals surface area (Å²) in [6.45, 7) is 0.874. The van der Waals surface area contributed by atoms with Crippen molar-refractivity contribution in [2.75, 3.05) is 13.6 Å². The van der Waals surface area contributed by atoms with Crippen LogP contribution in [0.3, 0.4) is 0 Å². The number of aliphatic hydroxyl groups is 1. The number of likely N-dealkylation sites (tertiary alicyclic amines) is 1. The summed E-state index contributed by atoms with van der Waals surface area (Å²) in [4.78, 5) is 15.3. The molecule has 2 aromatic carbocycles. The van der Waals surface area contributed by atoms with Crippen LogP contribution in [0.1, 0.15) is 39.9 Å². The van der Waals surface area contributed by atoms with E-state index in [9.17, 15) is 15.0 Å². The minimum atomic E-state index is -0.501. The first-order valence-electron chi connectivity index (χ1n) is 10.9. The van der Waals surface area contributed by atoms with Gasteiger partial charge in [0.25, 0.3) is 0 Å². The molecule has 4 aliphatic rings. The molecular weight excluding hydrogens is 394 g/mol. The molecular formula is C25H25NO5. The summed E-state index contributed by atoms with van der Waals surface area (Å²) in [7, 11) is 2.19. The second kappa shape index (κ2) is 6.58. The summed E-state index contributed by atoms with van der Waals surface area (Å²) in [6.07, 6.45) is 4.34. The number of rotatable bonds is 3. The molecule has 0 saturated carbocycles. The number of esters is 1. The van der Waals surface area contributed by atoms with Gasteiger partial charge in [0.1, 0.15) is 17.3 Å². The number of allylic oxidation sites excluding steroid dienone is 1. The number of piperidine rings is 1. The molecule has 2 aromatic rings. The van der Waals surface area contributed by atoms with Gasteiger partial charge < -0.3 is 24.6 Å². The van der Waals surface area contributed by atoms with E-state index >= 15 is 0 Å². The first-order valence-corrected chi connectivity index (χ1v) is 10.9. The van der Waals surface area contributed by atoms with Gasteiger partial charge in [-0.3, -0.25) is 0 Å². The Balaban J connectivity index is 1.44. The molecule has 4 atom stereocenters. The zero-order valence-corrected chi connectivity index (χ0v) is 17.4. The van der Waals surface area contributed by atoms with Crippen LogP contribution in [0, 0.1) is 5.92 Å². The molecule has 2 aliphatic heterocycles. The van der Waals surface area contributed by atoms with Gasteiger partial charge in [-0.1, -0.05) is 18.2 Å². The van der Waals surface area contributed by atoms with Crippen LogP contribution < -0.4 is 4.74 Å². The normalized spacial score (nSPS) is 30.3. The van der Waals surface area contributed by atoms with Crippen molar-refractivity contribution in [3.63, 3.8) is 0 Å². The van der Waals surface area contributed by atoms with Gasteiger partial charge in [0.2, 0.25) is 0 Å². The SMILES string of the molecule is CN1CCC23c4c5ccc(CO)c4OC2C(OC(=O)c2cccc(O)c2)=CCC3C1C5. The predicted molar refractivity (Wildman–Crippen MR) is 113 cm³/mol. The van der Waals surface area contributed by atoms with Gasteiger partial charge in [0, 0.05) is 22.6 Å². The molecule has 31 heavy (non-hydrogen) atoms. The monoisotopic (exact) mass is 419 g/mol. The lowest BCUT2D eigenvalue weighted by molar-refractivity contribution is -0.0272. The van der Waals surface area contributed by atoms with E-state index in [0.717, 1.165) is 37.1 Å². The van der Waals surface area contributed by atoms with E-state index in [-0.39, 0.29) is 23.9 Å². The molecule has 160 valence electrons. The predicted octanol–water partition coefficient (Wildman–Crippen LogP) is 2.90. The first kappa shape index (κ1) is 18.9. The third-order valence-electron chi connectivity index (χ3n) is 7.79. The van der Waals surface area contributed by atoms with Crippen LogP contribution in [0.4, 0.5) is 0 Å². The van der Waals surface area contributed by atoms with E-state index < -0.39 is 5.97 Å². The zero-order chi connectivity index (χ0) is 21.3. The van der Waals surface area contributed by atoms with Crippen LogP contribution >= 0.6 is 0 Å². The Morgan fingerprint density at radius 1 is 1.32 bits per heavy atom. The largest absolute Gasteiger partial charge is 0.508 e. The summed E-state index contributed by atoms with van der Waals surface area (Å²) in [5.74, 6) is 1.22. The van der Waals surface area contributed by atoms with Gasteiger partial charge in [0.15, 0.2) is 6.10 Å². The first-order chi connectivity index (χ1) is 15.0. The number of likely N-dealkylation sites (N-methyl/N-ethyl adjacent to an activating group) is 1. The lowest BCUT2D eigenvalue weighted by atomic mass is 9.53. The number of ether oxygens (including phenoxy) is 2. The van der Waals surface area contributed by atoms with Crippen molar-refractivity contribution in [1.82, 2.24) is 4.90 Å². The third-order valence-corrected chi connectivity index (χ3v) is 7.79. The van der Waals surface area contributed by atoms with Crippen molar-refractivity contribution < 1.29 is 24.5 Å². The van der Waals surface area contributed by atoms with E-state index in [1.807, 2.05) is 12.1 Å². The van der Waals surface area contributed by atoms with Gasteiger partial charge in [0.05, 0.1) is 12.2 Å². The minimum Gasteiger partial charge on any atom is -0.508 e. The average Bonchev–Trinajstić information content (AvgIpc) is 3.12. The van der Waals surface area contributed by atoms with Crippen LogP contribution in [0.5, 0.6) is 11.5 Å². The number of benzene rings is 2. The fraction of sp³-hybridized carbons (Fsp3) is 0.400. The van der Waals surface area contributed by atoms with E-state index in [0.29, 0.717) is 23.3 Å². The van der Waals surface area contributed by atoms with Gasteiger partial charge in [-0.2, -0.15) is 0 Å². The smallest absolute Gasteiger partial charge is 0.343 e. The van der Waals surface area contributed by atoms with Crippen molar-refractivity contribution in [2.24, 2.45) is 5.92 Å². The fourth-order valence-corrected chi connectivity index (χ4v) is 6.41. The molecule has 1 spiro atoms. The highest BCUT2D eigenvalue weighted by Gasteiger charge is 2.64. The Kier molecular flexibility index (Phi) is 4.01. The number of carbonyl (C=O) groups is 1. The Bertz CT molecular complexity index is 1120. The summed E-state index contributed by atoms with van der Waals surface area (Å²) < 4.78 is 12.4. The number of nitrogens with zero attached hydrogens (tertiary/aromatic N) is 1. The van der Waals surface area contributed by atoms with Gasteiger partial charge >= 0.3 is 5.97 Å². The van der Waals surface area contributed by atoms with E-state index in [2.05, 4.69) is 18.0 Å². The Morgan fingerprint density at radius 2 is 2.19 bits per heavy atom. The van der Waals surface area contributed by atoms with Crippen LogP contribution in [0.15, 0.2) is 48.2 Å². The standard InChI is InChI=1S/C25H25NO5/c1-26-10-9-25-18-7-8-20(30-24(29)15-3-2-4-17(28)11-15)23(25)31-22-16(13-27)6-5-14(21(22)25)12-19(18)26/h2-6,8,11,18-19,23,27-28H,7,9-10,12-13H2,1H3. The van der Waals surface area contributed by atoms with E-state index in [1.54, 1.807) is 12.1 Å². The highest BCUT2D eigenvalue weighted by atomic mass is 16.6. The molecule has 0 radical (unpaired) electrons. The van der Waals surface area contributed by atoms with Crippen molar-refractivity contribution in [2.45, 2.75) is 43.4 Å². The maximum Gasteiger partial charge on any atom is 0.343 e. The average molecular weight is 419 g/mol. The number of phenolic OH excluding ortho intramolecular Hbond substituents is 1. The lowest BCUT2D eigenvalue weighted by Crippen LogP contribution is -2.63. The van der Waals surface area contributed by atoms with Crippen molar-refractivity contribution in [1.29, 1.82) is 0 Å². The Morgan fingerprint density at radius 3 is 3.00 bits per heavy atom. The van der Waals surface area contributed by atoms with E-state index in [4.69, 9.17) is 9.47 Å². The molecule has 2 aliphatic carbocycles. The maximum absolute atomic E-state index is 12.9. The number of phenols is 1. The molecule has 2 heterocycles. The second-order valence-electron chi connectivity index (χ2n) is 9.17. The molecule has 2 N–H and O–H groups in total. The van der Waals surface area contributed by atoms with Crippen molar-refractivity contribution in [3.05, 3.63) is 70.5 Å². The minimum absolute atomic E-state index is 0.0259. The number of hydrogen-bond donors (Lipinski definition) is 2. The molecule has 6 rings (SSSR count). The number of hydrogen-bond acceptors (Lipinski definition) is 6. The van der Waals surface area contributed by atoms with Crippen molar-refractivity contribution in [3.8, 4) is 11.5 Å². The van der Waals surface area contributed by atoms with E-state index in [1.165, 1.54) is 23.3 Å². The maximum atomic E-state index is 12.9. The summed E-state index contributed by atoms with van der Waals surface area (Å²) in [5.41, 5.74) is 3.35. The highest BCUT2D eigenvalue weighted by Crippen LogP contribution is 2.62. The fourth-order valence-electron chi connectivity index (χ4n) is 6.41. The third kappa shape index (κ3) is 2.49. The number of aliphatic hydroxyl groups excluding tert-OH is 1. The molecule has 6 nitrogen and oxygen atoms in total. The Hall–Kier alpha value is -2.83. The topological polar surface area (TPSA) is 79.2 Å². The molecule has 4 unspecified atom stereocenters. The molecule has 1 fully saturated rings. The number of aromatic hydroxyl groups is 1. The summed E-state index contributed by atoms with van der Waals surface area (Å²) in [6, 6.07) is 10.7. The van der Waals surface area contributed by atoms with Crippen LogP contribution in [0.2, 0.25) is 0 Å².